The minimum atomic E-state index is -0.875. The van der Waals surface area contributed by atoms with Crippen molar-refractivity contribution in [1.29, 1.82) is 0 Å². The molecule has 2 rings (SSSR count). The molecule has 1 fully saturated rings. The Labute approximate surface area is 124 Å². The Bertz CT molecular complexity index is 555. The number of hydrogen-bond donors (Lipinski definition) is 1. The molecule has 0 bridgehead atoms. The van der Waals surface area contributed by atoms with E-state index in [1.165, 1.54) is 0 Å². The Kier molecular flexibility index (Phi) is 4.98. The van der Waals surface area contributed by atoms with E-state index in [-0.39, 0.29) is 11.4 Å². The lowest BCUT2D eigenvalue weighted by Gasteiger charge is -2.37. The van der Waals surface area contributed by atoms with E-state index < -0.39 is 12.0 Å². The molecule has 21 heavy (non-hydrogen) atoms. The third kappa shape index (κ3) is 3.25. The molecule has 1 aromatic rings. The van der Waals surface area contributed by atoms with Crippen LogP contribution in [0.2, 0.25) is 0 Å². The van der Waals surface area contributed by atoms with Crippen LogP contribution in [0.1, 0.15) is 39.5 Å². The first-order valence-electron chi connectivity index (χ1n) is 7.63. The van der Waals surface area contributed by atoms with E-state index in [1.807, 2.05) is 6.92 Å². The summed E-state index contributed by atoms with van der Waals surface area (Å²) >= 11 is 0. The molecular weight excluding hydrogens is 270 g/mol. The highest BCUT2D eigenvalue weighted by Gasteiger charge is 2.34. The smallest absolute Gasteiger partial charge is 0.326 e. The van der Waals surface area contributed by atoms with Gasteiger partial charge >= 0.3 is 5.97 Å². The van der Waals surface area contributed by atoms with Crippen molar-refractivity contribution in [2.24, 2.45) is 5.92 Å². The number of carboxylic acid groups (broad SMARTS) is 1. The van der Waals surface area contributed by atoms with E-state index in [4.69, 9.17) is 0 Å². The molecule has 1 N–H and O–H groups in total. The van der Waals surface area contributed by atoms with Gasteiger partial charge < -0.3 is 14.6 Å². The van der Waals surface area contributed by atoms with Crippen LogP contribution >= 0.6 is 0 Å². The number of aliphatic carboxylic acids is 1. The zero-order valence-corrected chi connectivity index (χ0v) is 12.7. The standard InChI is InChI=1S/C15H23N3O3/c1-3-7-17-9-6-16-13(14(17)19)18-8-5-11(4-2)10-12(18)15(20)21/h6,9,11-12H,3-5,7-8,10H2,1-2H3,(H,20,21). The summed E-state index contributed by atoms with van der Waals surface area (Å²) in [7, 11) is 0. The van der Waals surface area contributed by atoms with Gasteiger partial charge in [-0.2, -0.15) is 0 Å². The van der Waals surface area contributed by atoms with Gasteiger partial charge in [-0.1, -0.05) is 20.3 Å². The summed E-state index contributed by atoms with van der Waals surface area (Å²) in [5.74, 6) is -0.197. The van der Waals surface area contributed by atoms with Gasteiger partial charge in [-0.15, -0.1) is 0 Å². The molecule has 1 saturated heterocycles. The fourth-order valence-electron chi connectivity index (χ4n) is 2.95. The number of aromatic nitrogens is 2. The van der Waals surface area contributed by atoms with Crippen molar-refractivity contribution < 1.29 is 9.90 Å². The fourth-order valence-corrected chi connectivity index (χ4v) is 2.95. The van der Waals surface area contributed by atoms with Crippen LogP contribution < -0.4 is 10.5 Å². The summed E-state index contributed by atoms with van der Waals surface area (Å²) in [6.45, 7) is 5.28. The zero-order valence-electron chi connectivity index (χ0n) is 12.7. The second-order valence-electron chi connectivity index (χ2n) is 5.60. The quantitative estimate of drug-likeness (QED) is 0.895. The molecule has 2 atom stereocenters. The molecule has 0 aliphatic carbocycles. The van der Waals surface area contributed by atoms with Crippen molar-refractivity contribution in [1.82, 2.24) is 9.55 Å². The van der Waals surface area contributed by atoms with Gasteiger partial charge in [0.1, 0.15) is 6.04 Å². The molecule has 2 heterocycles. The second-order valence-corrected chi connectivity index (χ2v) is 5.60. The van der Waals surface area contributed by atoms with Gasteiger partial charge in [-0.3, -0.25) is 4.79 Å². The van der Waals surface area contributed by atoms with E-state index in [0.29, 0.717) is 25.4 Å². The normalized spacial score (nSPS) is 22.3. The van der Waals surface area contributed by atoms with E-state index in [2.05, 4.69) is 11.9 Å². The molecule has 6 heteroatoms. The number of piperidine rings is 1. The summed E-state index contributed by atoms with van der Waals surface area (Å²) in [6.07, 6.45) is 6.55. The van der Waals surface area contributed by atoms with Gasteiger partial charge in [0.05, 0.1) is 0 Å². The molecular formula is C15H23N3O3. The Morgan fingerprint density at radius 2 is 2.24 bits per heavy atom. The van der Waals surface area contributed by atoms with E-state index in [1.54, 1.807) is 21.9 Å². The third-order valence-electron chi connectivity index (χ3n) is 4.21. The molecule has 6 nitrogen and oxygen atoms in total. The van der Waals surface area contributed by atoms with Crippen LogP contribution in [0.5, 0.6) is 0 Å². The molecule has 1 aliphatic rings. The minimum Gasteiger partial charge on any atom is -0.480 e. The molecule has 2 unspecified atom stereocenters. The van der Waals surface area contributed by atoms with Gasteiger partial charge in [0.25, 0.3) is 5.56 Å². The summed E-state index contributed by atoms with van der Waals surface area (Å²) in [5, 5.41) is 9.47. The SMILES string of the molecule is CCCn1ccnc(N2CCC(CC)CC2C(=O)O)c1=O. The van der Waals surface area contributed by atoms with Gasteiger partial charge in [-0.25, -0.2) is 9.78 Å². The van der Waals surface area contributed by atoms with Crippen LogP contribution in [-0.2, 0) is 11.3 Å². The predicted molar refractivity (Wildman–Crippen MR) is 80.6 cm³/mol. The molecule has 0 radical (unpaired) electrons. The molecule has 116 valence electrons. The number of carboxylic acids is 1. The number of nitrogens with zero attached hydrogens (tertiary/aromatic N) is 3. The van der Waals surface area contributed by atoms with Crippen molar-refractivity contribution in [3.8, 4) is 0 Å². The summed E-state index contributed by atoms with van der Waals surface area (Å²) in [4.78, 5) is 29.8. The summed E-state index contributed by atoms with van der Waals surface area (Å²) in [5.41, 5.74) is -0.194. The van der Waals surface area contributed by atoms with Crippen molar-refractivity contribution in [3.63, 3.8) is 0 Å². The number of rotatable bonds is 5. The van der Waals surface area contributed by atoms with Crippen molar-refractivity contribution in [2.45, 2.75) is 52.1 Å². The van der Waals surface area contributed by atoms with E-state index >= 15 is 0 Å². The monoisotopic (exact) mass is 293 g/mol. The lowest BCUT2D eigenvalue weighted by Crippen LogP contribution is -2.50. The van der Waals surface area contributed by atoms with E-state index in [0.717, 1.165) is 19.3 Å². The molecule has 0 aromatic carbocycles. The zero-order chi connectivity index (χ0) is 15.4. The average molecular weight is 293 g/mol. The Morgan fingerprint density at radius 3 is 2.86 bits per heavy atom. The van der Waals surface area contributed by atoms with Crippen molar-refractivity contribution in [3.05, 3.63) is 22.7 Å². The molecule has 1 aromatic heterocycles. The highest BCUT2D eigenvalue weighted by atomic mass is 16.4. The minimum absolute atomic E-state index is 0.194. The summed E-state index contributed by atoms with van der Waals surface area (Å²) in [6, 6.07) is -0.652. The Morgan fingerprint density at radius 1 is 1.48 bits per heavy atom. The maximum Gasteiger partial charge on any atom is 0.326 e. The van der Waals surface area contributed by atoms with Gasteiger partial charge in [0.15, 0.2) is 5.82 Å². The van der Waals surface area contributed by atoms with Crippen molar-refractivity contribution in [2.75, 3.05) is 11.4 Å². The Balaban J connectivity index is 2.33. The topological polar surface area (TPSA) is 75.4 Å². The summed E-state index contributed by atoms with van der Waals surface area (Å²) < 4.78 is 1.60. The van der Waals surface area contributed by atoms with E-state index in [9.17, 15) is 14.7 Å². The van der Waals surface area contributed by atoms with Crippen LogP contribution in [0.25, 0.3) is 0 Å². The van der Waals surface area contributed by atoms with Crippen LogP contribution in [0.15, 0.2) is 17.2 Å². The molecule has 0 saturated carbocycles. The number of aryl methyl sites for hydroxylation is 1. The average Bonchev–Trinajstić information content (AvgIpc) is 2.49. The van der Waals surface area contributed by atoms with Crippen LogP contribution in [0.3, 0.4) is 0 Å². The van der Waals surface area contributed by atoms with Crippen LogP contribution in [0, 0.1) is 5.92 Å². The second kappa shape index (κ2) is 6.74. The maximum atomic E-state index is 12.4. The highest BCUT2D eigenvalue weighted by Crippen LogP contribution is 2.27. The molecule has 1 aliphatic heterocycles. The number of carbonyl (C=O) groups is 1. The lowest BCUT2D eigenvalue weighted by atomic mass is 9.89. The van der Waals surface area contributed by atoms with Gasteiger partial charge in [0.2, 0.25) is 0 Å². The van der Waals surface area contributed by atoms with Gasteiger partial charge in [0, 0.05) is 25.5 Å². The fraction of sp³-hybridized carbons (Fsp3) is 0.667. The maximum absolute atomic E-state index is 12.4. The largest absolute Gasteiger partial charge is 0.480 e. The first-order chi connectivity index (χ1) is 10.1. The predicted octanol–water partition coefficient (Wildman–Crippen LogP) is 1.73. The van der Waals surface area contributed by atoms with Crippen molar-refractivity contribution >= 4 is 11.8 Å². The first-order valence-corrected chi connectivity index (χ1v) is 7.63. The van der Waals surface area contributed by atoms with Crippen LogP contribution in [0.4, 0.5) is 5.82 Å². The molecule has 0 amide bonds. The van der Waals surface area contributed by atoms with Crippen LogP contribution in [-0.4, -0.2) is 33.2 Å². The first kappa shape index (κ1) is 15.5. The number of anilines is 1. The number of hydrogen-bond acceptors (Lipinski definition) is 4. The third-order valence-corrected chi connectivity index (χ3v) is 4.21. The van der Waals surface area contributed by atoms with Gasteiger partial charge in [-0.05, 0) is 25.2 Å². The lowest BCUT2D eigenvalue weighted by molar-refractivity contribution is -0.139. The Hall–Kier alpha value is -1.85. The molecule has 0 spiro atoms. The highest BCUT2D eigenvalue weighted by molar-refractivity contribution is 5.77.